The van der Waals surface area contributed by atoms with E-state index in [2.05, 4.69) is 6.92 Å². The molecule has 0 radical (unpaired) electrons. The number of Topliss-reactive ketones (excluding diaryl/α,β-unsaturated/α-hetero) is 1. The maximum absolute atomic E-state index is 13.2. The highest BCUT2D eigenvalue weighted by Gasteiger charge is 2.47. The molecule has 2 aliphatic rings. The molecular formula is C26H23NO4S. The Balaban J connectivity index is 1.64. The van der Waals surface area contributed by atoms with Crippen LogP contribution in [0.1, 0.15) is 41.5 Å². The lowest BCUT2D eigenvalue weighted by atomic mass is 9.98. The number of hydrogen-bond donors (Lipinski definition) is 1. The van der Waals surface area contributed by atoms with Crippen LogP contribution in [0.5, 0.6) is 5.75 Å². The van der Waals surface area contributed by atoms with Gasteiger partial charge in [-0.15, -0.1) is 11.3 Å². The van der Waals surface area contributed by atoms with E-state index in [0.717, 1.165) is 34.6 Å². The molecule has 6 heteroatoms. The third-order valence-corrected chi connectivity index (χ3v) is 6.97. The highest BCUT2D eigenvalue weighted by molar-refractivity contribution is 7.10. The topological polar surface area (TPSA) is 66.8 Å². The summed E-state index contributed by atoms with van der Waals surface area (Å²) in [5.41, 5.74) is 3.40. The third kappa shape index (κ3) is 3.31. The molecule has 0 aliphatic carbocycles. The van der Waals surface area contributed by atoms with Crippen molar-refractivity contribution < 1.29 is 19.4 Å². The number of hydrogen-bond acceptors (Lipinski definition) is 5. The van der Waals surface area contributed by atoms with Crippen molar-refractivity contribution in [2.75, 3.05) is 4.90 Å². The molecule has 2 aliphatic heterocycles. The number of thiophene rings is 1. The number of nitrogens with zero attached hydrogens (tertiary/aromatic N) is 1. The molecule has 1 amide bonds. The molecule has 5 rings (SSSR count). The third-order valence-electron chi connectivity index (χ3n) is 6.05. The fourth-order valence-corrected chi connectivity index (χ4v) is 5.26. The lowest BCUT2D eigenvalue weighted by Crippen LogP contribution is -2.29. The predicted molar refractivity (Wildman–Crippen MR) is 125 cm³/mol. The van der Waals surface area contributed by atoms with Crippen molar-refractivity contribution in [1.82, 2.24) is 0 Å². The standard InChI is InChI=1S/C26H23NO4S/c1-3-16-6-9-19(10-7-16)27-23(21-5-4-12-32-21)22(25(29)26(27)30)24(28)17-8-11-20-18(14-17)13-15(2)31-20/h4-12,14-15,23,28H,3,13H2,1-2H3/b24-22-. The van der Waals surface area contributed by atoms with Crippen LogP contribution in [-0.4, -0.2) is 22.9 Å². The first-order valence-corrected chi connectivity index (χ1v) is 11.6. The van der Waals surface area contributed by atoms with E-state index < -0.39 is 17.7 Å². The fraction of sp³-hybridized carbons (Fsp3) is 0.231. The van der Waals surface area contributed by atoms with E-state index >= 15 is 0 Å². The normalized spacial score (nSPS) is 21.6. The molecule has 3 heterocycles. The average Bonchev–Trinajstić information content (AvgIpc) is 3.51. The van der Waals surface area contributed by atoms with Crippen molar-refractivity contribution in [3.05, 3.63) is 87.1 Å². The summed E-state index contributed by atoms with van der Waals surface area (Å²) >= 11 is 1.46. The van der Waals surface area contributed by atoms with Gasteiger partial charge in [-0.1, -0.05) is 25.1 Å². The van der Waals surface area contributed by atoms with Gasteiger partial charge >= 0.3 is 0 Å². The van der Waals surface area contributed by atoms with Crippen LogP contribution in [0.25, 0.3) is 5.76 Å². The zero-order valence-corrected chi connectivity index (χ0v) is 18.7. The Bertz CT molecular complexity index is 1230. The zero-order valence-electron chi connectivity index (χ0n) is 17.9. The zero-order chi connectivity index (χ0) is 22.4. The van der Waals surface area contributed by atoms with Crippen LogP contribution < -0.4 is 9.64 Å². The highest BCUT2D eigenvalue weighted by Crippen LogP contribution is 2.44. The van der Waals surface area contributed by atoms with Gasteiger partial charge in [0, 0.05) is 22.5 Å². The number of ether oxygens (including phenoxy) is 1. The first-order valence-electron chi connectivity index (χ1n) is 10.7. The molecule has 5 nitrogen and oxygen atoms in total. The number of rotatable bonds is 4. The molecule has 2 unspecified atom stereocenters. The van der Waals surface area contributed by atoms with Crippen LogP contribution in [0, 0.1) is 0 Å². The average molecular weight is 446 g/mol. The number of anilines is 1. The van der Waals surface area contributed by atoms with Crippen molar-refractivity contribution in [2.45, 2.75) is 38.8 Å². The Hall–Kier alpha value is -3.38. The van der Waals surface area contributed by atoms with Crippen LogP contribution >= 0.6 is 11.3 Å². The fourth-order valence-electron chi connectivity index (χ4n) is 4.43. The number of fused-ring (bicyclic) bond motifs is 1. The minimum Gasteiger partial charge on any atom is -0.507 e. The van der Waals surface area contributed by atoms with Gasteiger partial charge in [-0.2, -0.15) is 0 Å². The van der Waals surface area contributed by atoms with Crippen LogP contribution in [0.4, 0.5) is 5.69 Å². The summed E-state index contributed by atoms with van der Waals surface area (Å²) in [5.74, 6) is -0.671. The second kappa shape index (κ2) is 7.95. The Kier molecular flexibility index (Phi) is 5.10. The molecule has 3 aromatic rings. The number of benzene rings is 2. The molecule has 2 atom stereocenters. The predicted octanol–water partition coefficient (Wildman–Crippen LogP) is 5.26. The van der Waals surface area contributed by atoms with E-state index in [4.69, 9.17) is 4.74 Å². The molecule has 2 aromatic carbocycles. The van der Waals surface area contributed by atoms with Gasteiger partial charge in [0.1, 0.15) is 23.7 Å². The largest absolute Gasteiger partial charge is 0.507 e. The van der Waals surface area contributed by atoms with Crippen LogP contribution in [0.15, 0.2) is 65.6 Å². The molecule has 32 heavy (non-hydrogen) atoms. The molecule has 162 valence electrons. The molecule has 1 aromatic heterocycles. The minimum atomic E-state index is -0.675. The van der Waals surface area contributed by atoms with Crippen molar-refractivity contribution in [3.8, 4) is 5.75 Å². The second-order valence-electron chi connectivity index (χ2n) is 8.16. The van der Waals surface area contributed by atoms with Gasteiger partial charge in [0.25, 0.3) is 11.7 Å². The first-order chi connectivity index (χ1) is 15.5. The summed E-state index contributed by atoms with van der Waals surface area (Å²) in [6.07, 6.45) is 1.70. The Labute approximate surface area is 190 Å². The van der Waals surface area contributed by atoms with Gasteiger partial charge in [-0.05, 0) is 66.2 Å². The van der Waals surface area contributed by atoms with Gasteiger partial charge in [0.2, 0.25) is 0 Å². The number of amides is 1. The summed E-state index contributed by atoms with van der Waals surface area (Å²) in [6.45, 7) is 4.06. The summed E-state index contributed by atoms with van der Waals surface area (Å²) in [6, 6.07) is 16.1. The van der Waals surface area contributed by atoms with Gasteiger partial charge < -0.3 is 9.84 Å². The van der Waals surface area contributed by atoms with E-state index in [1.807, 2.05) is 60.8 Å². The smallest absolute Gasteiger partial charge is 0.300 e. The van der Waals surface area contributed by atoms with E-state index in [-0.39, 0.29) is 17.4 Å². The number of carbonyl (C=O) groups is 2. The lowest BCUT2D eigenvalue weighted by molar-refractivity contribution is -0.132. The highest BCUT2D eigenvalue weighted by atomic mass is 32.1. The summed E-state index contributed by atoms with van der Waals surface area (Å²) in [5, 5.41) is 13.2. The quantitative estimate of drug-likeness (QED) is 0.338. The molecule has 0 bridgehead atoms. The Morgan fingerprint density at radius 1 is 1.16 bits per heavy atom. The number of aliphatic hydroxyl groups is 1. The summed E-state index contributed by atoms with van der Waals surface area (Å²) in [4.78, 5) is 28.7. The van der Waals surface area contributed by atoms with E-state index in [9.17, 15) is 14.7 Å². The molecule has 1 saturated heterocycles. The van der Waals surface area contributed by atoms with Gasteiger partial charge in [0.05, 0.1) is 5.57 Å². The van der Waals surface area contributed by atoms with E-state index in [1.54, 1.807) is 6.07 Å². The molecule has 0 saturated carbocycles. The van der Waals surface area contributed by atoms with Crippen LogP contribution in [0.2, 0.25) is 0 Å². The van der Waals surface area contributed by atoms with Crippen molar-refractivity contribution in [3.63, 3.8) is 0 Å². The lowest BCUT2D eigenvalue weighted by Gasteiger charge is -2.24. The van der Waals surface area contributed by atoms with Crippen molar-refractivity contribution >= 4 is 34.5 Å². The second-order valence-corrected chi connectivity index (χ2v) is 9.14. The summed E-state index contributed by atoms with van der Waals surface area (Å²) in [7, 11) is 0. The van der Waals surface area contributed by atoms with E-state index in [1.165, 1.54) is 16.2 Å². The van der Waals surface area contributed by atoms with Gasteiger partial charge in [-0.3, -0.25) is 14.5 Å². The minimum absolute atomic E-state index is 0.0742. The molecule has 1 N–H and O–H groups in total. The number of ketones is 1. The molecule has 1 fully saturated rings. The Morgan fingerprint density at radius 2 is 1.94 bits per heavy atom. The first kappa shape index (κ1) is 20.5. The maximum atomic E-state index is 13.2. The summed E-state index contributed by atoms with van der Waals surface area (Å²) < 4.78 is 5.75. The Morgan fingerprint density at radius 3 is 2.62 bits per heavy atom. The van der Waals surface area contributed by atoms with Crippen molar-refractivity contribution in [1.29, 1.82) is 0 Å². The molecular weight excluding hydrogens is 422 g/mol. The SMILES string of the molecule is CCc1ccc(N2C(=O)C(=O)/C(=C(\O)c3ccc4c(c3)CC(C)O4)C2c2cccs2)cc1. The van der Waals surface area contributed by atoms with Crippen LogP contribution in [0.3, 0.4) is 0 Å². The number of aliphatic hydroxyl groups excluding tert-OH is 1. The van der Waals surface area contributed by atoms with Gasteiger partial charge in [-0.25, -0.2) is 0 Å². The monoisotopic (exact) mass is 445 g/mol. The van der Waals surface area contributed by atoms with Crippen molar-refractivity contribution in [2.24, 2.45) is 0 Å². The van der Waals surface area contributed by atoms with E-state index in [0.29, 0.717) is 11.3 Å². The van der Waals surface area contributed by atoms with Gasteiger partial charge in [0.15, 0.2) is 0 Å². The number of carbonyl (C=O) groups excluding carboxylic acids is 2. The molecule has 0 spiro atoms. The van der Waals surface area contributed by atoms with Crippen LogP contribution in [-0.2, 0) is 22.4 Å². The maximum Gasteiger partial charge on any atom is 0.300 e. The number of aryl methyl sites for hydroxylation is 1.